The van der Waals surface area contributed by atoms with Gasteiger partial charge >= 0.3 is 5.97 Å². The summed E-state index contributed by atoms with van der Waals surface area (Å²) < 4.78 is 5.48. The van der Waals surface area contributed by atoms with Gasteiger partial charge in [0.25, 0.3) is 5.91 Å². The van der Waals surface area contributed by atoms with Crippen molar-refractivity contribution in [1.82, 2.24) is 9.88 Å². The quantitative estimate of drug-likeness (QED) is 0.126. The summed E-state index contributed by atoms with van der Waals surface area (Å²) in [7, 11) is 0. The highest BCUT2D eigenvalue weighted by Crippen LogP contribution is 2.28. The third-order valence-corrected chi connectivity index (χ3v) is 8.25. The summed E-state index contributed by atoms with van der Waals surface area (Å²) in [5.74, 6) is -0.388. The zero-order valence-corrected chi connectivity index (χ0v) is 25.2. The predicted octanol–water partition coefficient (Wildman–Crippen LogP) is 6.74. The van der Waals surface area contributed by atoms with Crippen LogP contribution in [0.2, 0.25) is 0 Å². The molecule has 0 saturated carbocycles. The number of amides is 1. The van der Waals surface area contributed by atoms with Crippen LogP contribution in [0.4, 0.5) is 11.5 Å². The topological polar surface area (TPSA) is 107 Å². The fourth-order valence-electron chi connectivity index (χ4n) is 5.82. The van der Waals surface area contributed by atoms with Crippen LogP contribution >= 0.6 is 0 Å². The minimum atomic E-state index is -0.910. The number of hydrogen-bond donors (Lipinski definition) is 4. The molecule has 1 aliphatic heterocycles. The molecule has 8 heteroatoms. The normalized spacial score (nSPS) is 13.5. The van der Waals surface area contributed by atoms with Gasteiger partial charge in [-0.3, -0.25) is 9.69 Å². The number of nitrogens with zero attached hydrogens (tertiary/aromatic N) is 1. The smallest absolute Gasteiger partial charge is 0.335 e. The maximum absolute atomic E-state index is 13.7. The van der Waals surface area contributed by atoms with Gasteiger partial charge in [0.05, 0.1) is 24.3 Å². The minimum Gasteiger partial charge on any atom is -0.478 e. The van der Waals surface area contributed by atoms with Crippen molar-refractivity contribution in [3.63, 3.8) is 0 Å². The Labute approximate surface area is 263 Å². The van der Waals surface area contributed by atoms with Crippen LogP contribution in [-0.4, -0.2) is 53.2 Å². The summed E-state index contributed by atoms with van der Waals surface area (Å²) >= 11 is 0. The number of nitrogens with one attached hydrogen (secondary N) is 3. The molecule has 0 atom stereocenters. The van der Waals surface area contributed by atoms with Crippen LogP contribution in [0.3, 0.4) is 0 Å². The van der Waals surface area contributed by atoms with E-state index in [0.717, 1.165) is 79.8 Å². The lowest BCUT2D eigenvalue weighted by Crippen LogP contribution is -2.35. The van der Waals surface area contributed by atoms with Crippen molar-refractivity contribution in [2.45, 2.75) is 32.4 Å². The van der Waals surface area contributed by atoms with Gasteiger partial charge in [0, 0.05) is 42.8 Å². The number of aromatic carboxylic acids is 1. The second-order valence-electron chi connectivity index (χ2n) is 11.5. The Kier molecular flexibility index (Phi) is 9.53. The fraction of sp³-hybridized carbons (Fsp3) is 0.243. The first-order valence-electron chi connectivity index (χ1n) is 15.5. The van der Waals surface area contributed by atoms with Gasteiger partial charge in [0.1, 0.15) is 5.82 Å². The molecule has 0 unspecified atom stereocenters. The molecule has 1 aromatic heterocycles. The van der Waals surface area contributed by atoms with Crippen molar-refractivity contribution < 1.29 is 19.4 Å². The van der Waals surface area contributed by atoms with E-state index in [1.807, 2.05) is 60.7 Å². The van der Waals surface area contributed by atoms with Crippen molar-refractivity contribution in [3.8, 4) is 0 Å². The van der Waals surface area contributed by atoms with E-state index >= 15 is 0 Å². The Morgan fingerprint density at radius 3 is 2.22 bits per heavy atom. The van der Waals surface area contributed by atoms with Crippen molar-refractivity contribution >= 4 is 34.3 Å². The third-order valence-electron chi connectivity index (χ3n) is 8.25. The SMILES string of the molecule is O=C(O)c1ccc(CCCc2ccc(NC(=O)c3c(NCc4cccc(CN5CCOCC5)c4)[nH]c4ccccc34)cc2)cc1. The Hall–Kier alpha value is -4.92. The van der Waals surface area contributed by atoms with Gasteiger partial charge in [-0.15, -0.1) is 0 Å². The number of aromatic nitrogens is 1. The van der Waals surface area contributed by atoms with Gasteiger partial charge in [-0.25, -0.2) is 4.79 Å². The molecular weight excluding hydrogens is 564 g/mol. The van der Waals surface area contributed by atoms with Gasteiger partial charge < -0.3 is 25.5 Å². The van der Waals surface area contributed by atoms with Crippen LogP contribution < -0.4 is 10.6 Å². The summed E-state index contributed by atoms with van der Waals surface area (Å²) in [6.07, 6.45) is 2.70. The van der Waals surface area contributed by atoms with Crippen LogP contribution in [0.1, 0.15) is 49.4 Å². The zero-order valence-electron chi connectivity index (χ0n) is 25.2. The average Bonchev–Trinajstić information content (AvgIpc) is 3.44. The van der Waals surface area contributed by atoms with Gasteiger partial charge in [0.15, 0.2) is 0 Å². The molecule has 1 saturated heterocycles. The first kappa shape index (κ1) is 30.1. The Bertz CT molecular complexity index is 1760. The van der Waals surface area contributed by atoms with Crippen LogP contribution in [0, 0.1) is 0 Å². The number of morpholine rings is 1. The van der Waals surface area contributed by atoms with Crippen LogP contribution in [0.15, 0.2) is 97.1 Å². The molecule has 6 rings (SSSR count). The van der Waals surface area contributed by atoms with E-state index in [9.17, 15) is 9.59 Å². The molecule has 1 fully saturated rings. The zero-order chi connectivity index (χ0) is 31.0. The number of hydrogen-bond acceptors (Lipinski definition) is 5. The van der Waals surface area contributed by atoms with E-state index in [-0.39, 0.29) is 5.91 Å². The highest BCUT2D eigenvalue weighted by molar-refractivity contribution is 6.16. The third kappa shape index (κ3) is 7.78. The number of carboxylic acid groups (broad SMARTS) is 1. The first-order chi connectivity index (χ1) is 22.0. The van der Waals surface area contributed by atoms with Gasteiger partial charge in [-0.1, -0.05) is 66.7 Å². The molecule has 1 aliphatic rings. The Balaban J connectivity index is 1.08. The van der Waals surface area contributed by atoms with E-state index in [4.69, 9.17) is 9.84 Å². The molecule has 1 amide bonds. The number of rotatable bonds is 12. The monoisotopic (exact) mass is 602 g/mol. The van der Waals surface area contributed by atoms with Crippen molar-refractivity contribution in [1.29, 1.82) is 0 Å². The number of aryl methyl sites for hydroxylation is 2. The standard InChI is InChI=1S/C37H38N4O4/c42-36(39-31-17-13-27(14-18-31)6-3-5-26-11-15-30(16-12-26)37(43)44)34-32-9-1-2-10-33(32)40-35(34)38-24-28-7-4-8-29(23-28)25-41-19-21-45-22-20-41/h1-2,4,7-18,23,38,40H,3,5-6,19-22,24-25H2,(H,39,42)(H,43,44). The molecule has 0 radical (unpaired) electrons. The summed E-state index contributed by atoms with van der Waals surface area (Å²) in [5, 5.41) is 16.5. The van der Waals surface area contributed by atoms with E-state index in [0.29, 0.717) is 23.5 Å². The number of ether oxygens (including phenoxy) is 1. The number of H-pyrrole nitrogens is 1. The summed E-state index contributed by atoms with van der Waals surface area (Å²) in [6.45, 7) is 4.95. The van der Waals surface area contributed by atoms with E-state index in [1.54, 1.807) is 12.1 Å². The van der Waals surface area contributed by atoms with Crippen molar-refractivity contribution in [2.24, 2.45) is 0 Å². The maximum atomic E-state index is 13.7. The van der Waals surface area contributed by atoms with Gasteiger partial charge in [0.2, 0.25) is 0 Å². The number of carbonyl (C=O) groups excluding carboxylic acids is 1. The fourth-order valence-corrected chi connectivity index (χ4v) is 5.82. The molecule has 2 heterocycles. The molecular formula is C37H38N4O4. The molecule has 4 aromatic carbocycles. The van der Waals surface area contributed by atoms with Crippen molar-refractivity contribution in [2.75, 3.05) is 36.9 Å². The number of benzene rings is 4. The van der Waals surface area contributed by atoms with Crippen molar-refractivity contribution in [3.05, 3.63) is 130 Å². The van der Waals surface area contributed by atoms with Crippen LogP contribution in [0.25, 0.3) is 10.9 Å². The molecule has 0 aliphatic carbocycles. The number of aromatic amines is 1. The van der Waals surface area contributed by atoms with Gasteiger partial charge in [-0.05, 0) is 71.8 Å². The average molecular weight is 603 g/mol. The second-order valence-corrected chi connectivity index (χ2v) is 11.5. The minimum absolute atomic E-state index is 0.173. The maximum Gasteiger partial charge on any atom is 0.335 e. The summed E-state index contributed by atoms with van der Waals surface area (Å²) in [6, 6.07) is 31.4. The van der Waals surface area contributed by atoms with Gasteiger partial charge in [-0.2, -0.15) is 0 Å². The Morgan fingerprint density at radius 1 is 0.800 bits per heavy atom. The number of carbonyl (C=O) groups is 2. The predicted molar refractivity (Wildman–Crippen MR) is 178 cm³/mol. The number of para-hydroxylation sites is 1. The molecule has 8 nitrogen and oxygen atoms in total. The molecule has 5 aromatic rings. The van der Waals surface area contributed by atoms with Crippen LogP contribution in [0.5, 0.6) is 0 Å². The molecule has 45 heavy (non-hydrogen) atoms. The van der Waals surface area contributed by atoms with Crippen LogP contribution in [-0.2, 0) is 30.7 Å². The molecule has 4 N–H and O–H groups in total. The molecule has 0 bridgehead atoms. The Morgan fingerprint density at radius 2 is 1.49 bits per heavy atom. The lowest BCUT2D eigenvalue weighted by molar-refractivity contribution is 0.0342. The molecule has 0 spiro atoms. The van der Waals surface area contributed by atoms with E-state index in [1.165, 1.54) is 11.1 Å². The number of carboxylic acids is 1. The summed E-state index contributed by atoms with van der Waals surface area (Å²) in [4.78, 5) is 30.5. The highest BCUT2D eigenvalue weighted by Gasteiger charge is 2.19. The highest BCUT2D eigenvalue weighted by atomic mass is 16.5. The second kappa shape index (κ2) is 14.2. The lowest BCUT2D eigenvalue weighted by atomic mass is 10.0. The van der Waals surface area contributed by atoms with E-state index in [2.05, 4.69) is 44.8 Å². The lowest BCUT2D eigenvalue weighted by Gasteiger charge is -2.26. The van der Waals surface area contributed by atoms with E-state index < -0.39 is 5.97 Å². The first-order valence-corrected chi connectivity index (χ1v) is 15.5. The molecule has 230 valence electrons. The number of anilines is 2. The largest absolute Gasteiger partial charge is 0.478 e. The number of fused-ring (bicyclic) bond motifs is 1. The summed E-state index contributed by atoms with van der Waals surface area (Å²) in [5.41, 5.74) is 7.25.